The molecule has 0 aliphatic carbocycles. The molecule has 0 radical (unpaired) electrons. The smallest absolute Gasteiger partial charge is 0.238 e. The first kappa shape index (κ1) is 23.2. The lowest BCUT2D eigenvalue weighted by Crippen LogP contribution is -2.52. The number of aliphatic hydroxyl groups excluding tert-OH is 1. The van der Waals surface area contributed by atoms with Gasteiger partial charge in [0, 0.05) is 32.7 Å². The van der Waals surface area contributed by atoms with Crippen LogP contribution < -0.4 is 5.32 Å². The van der Waals surface area contributed by atoms with E-state index in [1.54, 1.807) is 0 Å². The third-order valence-electron chi connectivity index (χ3n) is 6.03. The van der Waals surface area contributed by atoms with Crippen molar-refractivity contribution in [3.63, 3.8) is 0 Å². The Hall–Kier alpha value is -1.48. The highest BCUT2D eigenvalue weighted by atomic mass is 32.2. The fourth-order valence-corrected chi connectivity index (χ4v) is 6.03. The van der Waals surface area contributed by atoms with Crippen LogP contribution >= 0.6 is 0 Å². The number of carbonyl (C=O) groups excluding carboxylic acids is 1. The minimum absolute atomic E-state index is 0.0915. The van der Waals surface area contributed by atoms with E-state index in [0.717, 1.165) is 50.9 Å². The van der Waals surface area contributed by atoms with E-state index in [-0.39, 0.29) is 17.8 Å². The molecule has 168 valence electrons. The number of nitrogens with zero attached hydrogens (tertiary/aromatic N) is 2. The first-order chi connectivity index (χ1) is 14.4. The summed E-state index contributed by atoms with van der Waals surface area (Å²) in [5.74, 6) is -0.112. The molecule has 2 aliphatic rings. The zero-order valence-electron chi connectivity index (χ0n) is 17.9. The Morgan fingerprint density at radius 3 is 2.40 bits per heavy atom. The summed E-state index contributed by atoms with van der Waals surface area (Å²) in [7, 11) is -3.38. The molecule has 1 unspecified atom stereocenters. The van der Waals surface area contributed by atoms with Gasteiger partial charge in [0.1, 0.15) is 6.04 Å². The number of nitrogens with one attached hydrogen (secondary N) is 1. The molecule has 0 spiro atoms. The van der Waals surface area contributed by atoms with Crippen LogP contribution in [0.5, 0.6) is 0 Å². The Balaban J connectivity index is 1.52. The summed E-state index contributed by atoms with van der Waals surface area (Å²) in [4.78, 5) is 15.1. The third-order valence-corrected chi connectivity index (χ3v) is 8.10. The predicted octanol–water partition coefficient (Wildman–Crippen LogP) is 1.85. The van der Waals surface area contributed by atoms with Gasteiger partial charge in [0.05, 0.1) is 11.9 Å². The minimum Gasteiger partial charge on any atom is -0.393 e. The summed E-state index contributed by atoms with van der Waals surface area (Å²) in [5, 5.41) is 12.6. The number of rotatable bonds is 8. The number of hydrogen-bond acceptors (Lipinski definition) is 5. The fraction of sp³-hybridized carbons (Fsp3) is 0.682. The van der Waals surface area contributed by atoms with Crippen LogP contribution in [0.2, 0.25) is 0 Å². The molecule has 2 heterocycles. The van der Waals surface area contributed by atoms with Gasteiger partial charge in [-0.15, -0.1) is 0 Å². The van der Waals surface area contributed by atoms with Gasteiger partial charge in [-0.2, -0.15) is 4.31 Å². The maximum absolute atomic E-state index is 12.7. The largest absolute Gasteiger partial charge is 0.393 e. The number of sulfonamides is 1. The third kappa shape index (κ3) is 6.26. The molecule has 2 aliphatic heterocycles. The monoisotopic (exact) mass is 437 g/mol. The second-order valence-corrected chi connectivity index (χ2v) is 10.5. The lowest BCUT2D eigenvalue weighted by atomic mass is 10.0. The molecule has 0 aromatic heterocycles. The Labute approximate surface area is 180 Å². The van der Waals surface area contributed by atoms with Crippen molar-refractivity contribution in [1.29, 1.82) is 0 Å². The average molecular weight is 438 g/mol. The maximum atomic E-state index is 12.7. The molecule has 30 heavy (non-hydrogen) atoms. The molecule has 1 aromatic carbocycles. The Morgan fingerprint density at radius 1 is 1.07 bits per heavy atom. The first-order valence-corrected chi connectivity index (χ1v) is 12.8. The number of hydrogen-bond donors (Lipinski definition) is 2. The molecular weight excluding hydrogens is 402 g/mol. The number of aliphatic hydroxyl groups is 1. The van der Waals surface area contributed by atoms with E-state index in [0.29, 0.717) is 25.9 Å². The maximum Gasteiger partial charge on any atom is 0.238 e. The van der Waals surface area contributed by atoms with Crippen molar-refractivity contribution in [3.05, 3.63) is 35.4 Å². The zero-order chi connectivity index (χ0) is 21.6. The second-order valence-electron chi connectivity index (χ2n) is 8.48. The standard InChI is InChI=1S/C22H35N3O4S/c1-2-15-30(28,29)25-12-4-3-5-21(25)22(27)23-16-18-6-8-19(9-7-18)17-24-13-10-20(26)11-14-24/h6-9,20-21,26H,2-5,10-17H2,1H3,(H,23,27). The Morgan fingerprint density at radius 2 is 1.73 bits per heavy atom. The van der Waals surface area contributed by atoms with E-state index in [2.05, 4.69) is 22.3 Å². The second kappa shape index (κ2) is 10.7. The van der Waals surface area contributed by atoms with Crippen LogP contribution in [0.4, 0.5) is 0 Å². The van der Waals surface area contributed by atoms with E-state index >= 15 is 0 Å². The highest BCUT2D eigenvalue weighted by Crippen LogP contribution is 2.22. The van der Waals surface area contributed by atoms with Gasteiger partial charge in [-0.1, -0.05) is 37.6 Å². The molecule has 2 saturated heterocycles. The molecule has 2 N–H and O–H groups in total. The molecule has 3 rings (SSSR count). The molecule has 8 heteroatoms. The van der Waals surface area contributed by atoms with E-state index in [1.807, 2.05) is 19.1 Å². The van der Waals surface area contributed by atoms with Crippen molar-refractivity contribution in [2.24, 2.45) is 0 Å². The van der Waals surface area contributed by atoms with Crippen LogP contribution in [0.15, 0.2) is 24.3 Å². The normalized spacial score (nSPS) is 22.1. The number of benzene rings is 1. The summed E-state index contributed by atoms with van der Waals surface area (Å²) in [6.45, 7) is 5.37. The molecule has 2 fully saturated rings. The molecular formula is C22H35N3O4S. The molecule has 1 amide bonds. The van der Waals surface area contributed by atoms with Gasteiger partial charge in [-0.3, -0.25) is 9.69 Å². The van der Waals surface area contributed by atoms with Crippen molar-refractivity contribution in [2.75, 3.05) is 25.4 Å². The average Bonchev–Trinajstić information content (AvgIpc) is 2.74. The number of carbonyl (C=O) groups is 1. The van der Waals surface area contributed by atoms with Crippen LogP contribution in [0.25, 0.3) is 0 Å². The predicted molar refractivity (Wildman–Crippen MR) is 117 cm³/mol. The first-order valence-electron chi connectivity index (χ1n) is 11.1. The SMILES string of the molecule is CCCS(=O)(=O)N1CCCCC1C(=O)NCc1ccc(CN2CCC(O)CC2)cc1. The molecule has 0 saturated carbocycles. The molecule has 1 aromatic rings. The van der Waals surface area contributed by atoms with Crippen LogP contribution in [0, 0.1) is 0 Å². The van der Waals surface area contributed by atoms with E-state index in [4.69, 9.17) is 0 Å². The van der Waals surface area contributed by atoms with Crippen LogP contribution in [0.1, 0.15) is 56.6 Å². The summed E-state index contributed by atoms with van der Waals surface area (Å²) >= 11 is 0. The van der Waals surface area contributed by atoms with E-state index < -0.39 is 16.1 Å². The minimum atomic E-state index is -3.38. The van der Waals surface area contributed by atoms with Crippen LogP contribution in [-0.4, -0.2) is 66.2 Å². The number of likely N-dealkylation sites (tertiary alicyclic amines) is 1. The Bertz CT molecular complexity index is 789. The fourth-order valence-electron chi connectivity index (χ4n) is 4.28. The van der Waals surface area contributed by atoms with Gasteiger partial charge in [0.25, 0.3) is 0 Å². The van der Waals surface area contributed by atoms with Crippen molar-refractivity contribution >= 4 is 15.9 Å². The van der Waals surface area contributed by atoms with E-state index in [9.17, 15) is 18.3 Å². The van der Waals surface area contributed by atoms with Crippen molar-refractivity contribution in [2.45, 2.75) is 70.7 Å². The topological polar surface area (TPSA) is 90.0 Å². The van der Waals surface area contributed by atoms with Gasteiger partial charge in [-0.25, -0.2) is 8.42 Å². The number of amides is 1. The Kier molecular flexibility index (Phi) is 8.27. The van der Waals surface area contributed by atoms with Gasteiger partial charge >= 0.3 is 0 Å². The van der Waals surface area contributed by atoms with Crippen molar-refractivity contribution < 1.29 is 18.3 Å². The van der Waals surface area contributed by atoms with Gasteiger partial charge in [-0.05, 0) is 43.2 Å². The summed E-state index contributed by atoms with van der Waals surface area (Å²) < 4.78 is 26.5. The van der Waals surface area contributed by atoms with E-state index in [1.165, 1.54) is 9.87 Å². The molecule has 1 atom stereocenters. The summed E-state index contributed by atoms with van der Waals surface area (Å²) in [5.41, 5.74) is 2.21. The van der Waals surface area contributed by atoms with Crippen LogP contribution in [0.3, 0.4) is 0 Å². The van der Waals surface area contributed by atoms with Gasteiger partial charge in [0.2, 0.25) is 15.9 Å². The zero-order valence-corrected chi connectivity index (χ0v) is 18.7. The van der Waals surface area contributed by atoms with Gasteiger partial charge < -0.3 is 10.4 Å². The summed E-state index contributed by atoms with van der Waals surface area (Å²) in [6.07, 6.45) is 4.31. The van der Waals surface area contributed by atoms with Crippen molar-refractivity contribution in [1.82, 2.24) is 14.5 Å². The van der Waals surface area contributed by atoms with Gasteiger partial charge in [0.15, 0.2) is 0 Å². The highest BCUT2D eigenvalue weighted by Gasteiger charge is 2.35. The lowest BCUT2D eigenvalue weighted by Gasteiger charge is -2.33. The number of piperidine rings is 2. The molecule has 0 bridgehead atoms. The molecule has 7 nitrogen and oxygen atoms in total. The van der Waals surface area contributed by atoms with Crippen molar-refractivity contribution in [3.8, 4) is 0 Å². The highest BCUT2D eigenvalue weighted by molar-refractivity contribution is 7.89. The quantitative estimate of drug-likeness (QED) is 0.648. The summed E-state index contributed by atoms with van der Waals surface area (Å²) in [6, 6.07) is 7.59. The van der Waals surface area contributed by atoms with Crippen LogP contribution in [-0.2, 0) is 27.9 Å². The lowest BCUT2D eigenvalue weighted by molar-refractivity contribution is -0.125.